The van der Waals surface area contributed by atoms with Gasteiger partial charge in [-0.15, -0.1) is 0 Å². The smallest absolute Gasteiger partial charge is 0.249 e. The van der Waals surface area contributed by atoms with Crippen LogP contribution in [0, 0.1) is 0 Å². The van der Waals surface area contributed by atoms with Crippen LogP contribution in [0.3, 0.4) is 0 Å². The highest BCUT2D eigenvalue weighted by molar-refractivity contribution is 6.76. The predicted molar refractivity (Wildman–Crippen MR) is 148 cm³/mol. The zero-order chi connectivity index (χ0) is 24.6. The number of hydrogen-bond acceptors (Lipinski definition) is 3. The van der Waals surface area contributed by atoms with Crippen LogP contribution in [0.1, 0.15) is 39.2 Å². The van der Waals surface area contributed by atoms with Crippen LogP contribution < -0.4 is 0 Å². The lowest BCUT2D eigenvalue weighted by molar-refractivity contribution is 0.0799. The lowest BCUT2D eigenvalue weighted by atomic mass is 10.1. The molecule has 0 fully saturated rings. The molecule has 1 atom stereocenters. The molecule has 1 aromatic rings. The molecule has 0 saturated heterocycles. The molecule has 1 aromatic carbocycles. The third-order valence-electron chi connectivity index (χ3n) is 5.79. The van der Waals surface area contributed by atoms with Crippen molar-refractivity contribution in [2.75, 3.05) is 6.61 Å². The normalized spacial score (nSPS) is 15.0. The van der Waals surface area contributed by atoms with Crippen LogP contribution in [0.25, 0.3) is 0 Å². The number of ether oxygens (including phenoxy) is 1. The van der Waals surface area contributed by atoms with E-state index in [1.54, 1.807) is 0 Å². The molecule has 32 heavy (non-hydrogen) atoms. The Kier molecular flexibility index (Phi) is 11.2. The fourth-order valence-electron chi connectivity index (χ4n) is 3.22. The van der Waals surface area contributed by atoms with E-state index in [0.717, 1.165) is 18.9 Å². The maximum absolute atomic E-state index is 6.62. The molecule has 0 unspecified atom stereocenters. The van der Waals surface area contributed by atoms with Gasteiger partial charge < -0.3 is 13.6 Å². The van der Waals surface area contributed by atoms with Crippen molar-refractivity contribution in [3.05, 3.63) is 47.7 Å². The van der Waals surface area contributed by atoms with E-state index >= 15 is 0 Å². The van der Waals surface area contributed by atoms with Crippen molar-refractivity contribution in [1.82, 2.24) is 0 Å². The van der Waals surface area contributed by atoms with Gasteiger partial charge in [-0.3, -0.25) is 0 Å². The molecular formula is C26H50O3Si3. The number of hydrogen-bond donors (Lipinski definition) is 0. The lowest BCUT2D eigenvalue weighted by Gasteiger charge is -2.36. The van der Waals surface area contributed by atoms with Crippen molar-refractivity contribution >= 4 is 24.7 Å². The van der Waals surface area contributed by atoms with Gasteiger partial charge in [0.05, 0.1) is 19.0 Å². The third-order valence-corrected chi connectivity index (χ3v) is 12.7. The molecule has 1 rings (SSSR count). The maximum atomic E-state index is 6.62. The molecule has 0 spiro atoms. The van der Waals surface area contributed by atoms with Gasteiger partial charge in [-0.25, -0.2) is 0 Å². The van der Waals surface area contributed by atoms with Crippen molar-refractivity contribution < 1.29 is 13.6 Å². The minimum absolute atomic E-state index is 0.183. The Hall–Kier alpha value is -0.669. The van der Waals surface area contributed by atoms with Crippen molar-refractivity contribution in [3.8, 4) is 0 Å². The Morgan fingerprint density at radius 1 is 0.938 bits per heavy atom. The Morgan fingerprint density at radius 2 is 1.53 bits per heavy atom. The Balaban J connectivity index is 2.89. The lowest BCUT2D eigenvalue weighted by Crippen LogP contribution is -2.39. The van der Waals surface area contributed by atoms with E-state index in [1.807, 2.05) is 6.07 Å². The Bertz CT molecular complexity index is 696. The first kappa shape index (κ1) is 29.4. The molecule has 0 amide bonds. The summed E-state index contributed by atoms with van der Waals surface area (Å²) in [5.74, 6) is 0. The van der Waals surface area contributed by atoms with Crippen molar-refractivity contribution in [2.24, 2.45) is 0 Å². The van der Waals surface area contributed by atoms with Gasteiger partial charge in [-0.05, 0) is 67.8 Å². The van der Waals surface area contributed by atoms with Gasteiger partial charge in [0, 0.05) is 14.7 Å². The first-order chi connectivity index (χ1) is 14.5. The summed E-state index contributed by atoms with van der Waals surface area (Å²) in [4.78, 5) is 0. The molecule has 184 valence electrons. The fourth-order valence-corrected chi connectivity index (χ4v) is 6.83. The molecule has 0 bridgehead atoms. The molecule has 0 saturated carbocycles. The van der Waals surface area contributed by atoms with Crippen molar-refractivity contribution in [1.29, 1.82) is 0 Å². The zero-order valence-electron chi connectivity index (χ0n) is 22.8. The predicted octanol–water partition coefficient (Wildman–Crippen LogP) is 8.45. The van der Waals surface area contributed by atoms with Crippen LogP contribution in [-0.4, -0.2) is 37.4 Å². The van der Waals surface area contributed by atoms with Crippen LogP contribution in [0.4, 0.5) is 0 Å². The van der Waals surface area contributed by atoms with Crippen molar-refractivity contribution in [2.45, 2.75) is 110 Å². The largest absolute Gasteiger partial charge is 0.549 e. The zero-order valence-corrected chi connectivity index (χ0v) is 25.8. The first-order valence-corrected chi connectivity index (χ1v) is 22.2. The first-order valence-electron chi connectivity index (χ1n) is 12.1. The summed E-state index contributed by atoms with van der Waals surface area (Å²) in [7, 11) is -4.77. The quantitative estimate of drug-likeness (QED) is 0.156. The highest BCUT2D eigenvalue weighted by Gasteiger charge is 2.38. The number of rotatable bonds is 13. The second-order valence-corrected chi connectivity index (χ2v) is 27.5. The average Bonchev–Trinajstić information content (AvgIpc) is 2.60. The van der Waals surface area contributed by atoms with Crippen LogP contribution >= 0.6 is 0 Å². The van der Waals surface area contributed by atoms with E-state index in [2.05, 4.69) is 104 Å². The van der Waals surface area contributed by atoms with Gasteiger partial charge in [-0.1, -0.05) is 70.7 Å². The molecule has 0 aliphatic heterocycles. The van der Waals surface area contributed by atoms with Gasteiger partial charge in [0.1, 0.15) is 0 Å². The van der Waals surface area contributed by atoms with Gasteiger partial charge in [0.25, 0.3) is 0 Å². The topological polar surface area (TPSA) is 27.7 Å². The maximum Gasteiger partial charge on any atom is 0.249 e. The summed E-state index contributed by atoms with van der Waals surface area (Å²) in [6.45, 7) is 27.0. The molecule has 6 heteroatoms. The third kappa shape index (κ3) is 12.5. The molecule has 0 heterocycles. The van der Waals surface area contributed by atoms with Gasteiger partial charge in [-0.2, -0.15) is 0 Å². The standard InChI is InChI=1S/C26H50O3Si3/c1-26(2,3)32(10,11)28-21-24(22-30(4,5)6)19-25(29-31(7,8)9)17-18-27-20-23-15-13-12-14-16-23/h12-16,21,25H,17-20,22H2,1-11H3/b24-21-/t25-/m0/s1. The van der Waals surface area contributed by atoms with E-state index in [4.69, 9.17) is 13.6 Å². The van der Waals surface area contributed by atoms with Crippen LogP contribution in [-0.2, 0) is 20.2 Å². The fraction of sp³-hybridized carbons (Fsp3) is 0.692. The molecule has 0 aromatic heterocycles. The molecule has 0 aliphatic rings. The highest BCUT2D eigenvalue weighted by atomic mass is 28.4. The second kappa shape index (κ2) is 12.2. The van der Waals surface area contributed by atoms with Crippen LogP contribution in [0.15, 0.2) is 42.2 Å². The number of benzene rings is 1. The van der Waals surface area contributed by atoms with E-state index in [-0.39, 0.29) is 11.1 Å². The van der Waals surface area contributed by atoms with E-state index < -0.39 is 24.7 Å². The summed E-state index contributed by atoms with van der Waals surface area (Å²) < 4.78 is 19.2. The Labute approximate surface area is 202 Å². The summed E-state index contributed by atoms with van der Waals surface area (Å²) >= 11 is 0. The minimum atomic E-state index is -1.83. The second-order valence-electron chi connectivity index (χ2n) is 12.8. The van der Waals surface area contributed by atoms with Gasteiger partial charge >= 0.3 is 0 Å². The molecule has 0 radical (unpaired) electrons. The van der Waals surface area contributed by atoms with Gasteiger partial charge in [0.15, 0.2) is 8.32 Å². The van der Waals surface area contributed by atoms with Crippen molar-refractivity contribution in [3.63, 3.8) is 0 Å². The van der Waals surface area contributed by atoms with E-state index in [0.29, 0.717) is 13.2 Å². The van der Waals surface area contributed by atoms with E-state index in [1.165, 1.54) is 11.1 Å². The monoisotopic (exact) mass is 494 g/mol. The van der Waals surface area contributed by atoms with Gasteiger partial charge in [0.2, 0.25) is 8.32 Å². The highest BCUT2D eigenvalue weighted by Crippen LogP contribution is 2.37. The summed E-state index contributed by atoms with van der Waals surface area (Å²) in [5, 5.41) is 0.202. The van der Waals surface area contributed by atoms with E-state index in [9.17, 15) is 0 Å². The Morgan fingerprint density at radius 3 is 2.03 bits per heavy atom. The summed E-state index contributed by atoms with van der Waals surface area (Å²) in [6, 6.07) is 11.5. The van der Waals surface area contributed by atoms with Crippen LogP contribution in [0.5, 0.6) is 0 Å². The van der Waals surface area contributed by atoms with Crippen LogP contribution in [0.2, 0.25) is 63.5 Å². The molecular weight excluding hydrogens is 445 g/mol. The summed E-state index contributed by atoms with van der Waals surface area (Å²) in [5.41, 5.74) is 2.64. The summed E-state index contributed by atoms with van der Waals surface area (Å²) in [6.07, 6.45) is 4.17. The molecule has 0 N–H and O–H groups in total. The SMILES string of the molecule is CC(C)(C)[Si](C)(C)O/C=C(/C[C@H](CCOCc1ccccc1)O[Si](C)(C)C)C[Si](C)(C)C. The molecule has 0 aliphatic carbocycles. The average molecular weight is 495 g/mol. The molecule has 3 nitrogen and oxygen atoms in total. The minimum Gasteiger partial charge on any atom is -0.549 e.